The molecular weight excluding hydrogens is 340 g/mol. The fourth-order valence-corrected chi connectivity index (χ4v) is 3.11. The zero-order valence-electron chi connectivity index (χ0n) is 15.0. The quantitative estimate of drug-likeness (QED) is 0.454. The van der Waals surface area contributed by atoms with E-state index < -0.39 is 28.7 Å². The third kappa shape index (κ3) is 3.63. The van der Waals surface area contributed by atoms with Gasteiger partial charge < -0.3 is 9.47 Å². The lowest BCUT2D eigenvalue weighted by Gasteiger charge is -2.31. The van der Waals surface area contributed by atoms with Crippen molar-refractivity contribution < 1.29 is 24.0 Å². The fraction of sp³-hybridized carbons (Fsp3) is 0.389. The fourth-order valence-electron chi connectivity index (χ4n) is 3.11. The van der Waals surface area contributed by atoms with Gasteiger partial charge in [0.2, 0.25) is 0 Å². The van der Waals surface area contributed by atoms with Crippen molar-refractivity contribution in [2.75, 3.05) is 13.7 Å². The molecule has 0 saturated carbocycles. The molecule has 1 aromatic carbocycles. The standard InChI is InChI=1S/C18H20N2O6/c1-5-26-18(22)15-11(3)19-10(2)14(17(21)25-4)16(15)12-6-8-13(9-7-12)20(23)24/h6-9,14,16H,5H2,1-4H3. The first-order valence-electron chi connectivity index (χ1n) is 8.07. The van der Waals surface area contributed by atoms with Crippen LogP contribution in [0.1, 0.15) is 32.3 Å². The summed E-state index contributed by atoms with van der Waals surface area (Å²) in [5.74, 6) is -2.62. The molecule has 0 spiro atoms. The minimum absolute atomic E-state index is 0.0806. The number of nitro groups is 1. The van der Waals surface area contributed by atoms with E-state index in [-0.39, 0.29) is 17.9 Å². The van der Waals surface area contributed by atoms with Gasteiger partial charge >= 0.3 is 11.9 Å². The van der Waals surface area contributed by atoms with E-state index in [1.165, 1.54) is 31.4 Å². The predicted molar refractivity (Wildman–Crippen MR) is 93.8 cm³/mol. The van der Waals surface area contributed by atoms with Crippen LogP contribution in [0.15, 0.2) is 40.5 Å². The molecule has 0 aliphatic carbocycles. The molecule has 8 nitrogen and oxygen atoms in total. The van der Waals surface area contributed by atoms with Crippen molar-refractivity contribution in [3.63, 3.8) is 0 Å². The molecule has 0 aromatic heterocycles. The smallest absolute Gasteiger partial charge is 0.336 e. The van der Waals surface area contributed by atoms with E-state index in [0.29, 0.717) is 17.0 Å². The zero-order valence-corrected chi connectivity index (χ0v) is 15.0. The lowest BCUT2D eigenvalue weighted by molar-refractivity contribution is -0.384. The molecule has 26 heavy (non-hydrogen) atoms. The van der Waals surface area contributed by atoms with Crippen molar-refractivity contribution in [1.82, 2.24) is 0 Å². The highest BCUT2D eigenvalue weighted by Crippen LogP contribution is 2.40. The van der Waals surface area contributed by atoms with Crippen molar-refractivity contribution in [2.45, 2.75) is 26.7 Å². The Bertz CT molecular complexity index is 794. The van der Waals surface area contributed by atoms with Gasteiger partial charge in [0.1, 0.15) is 5.92 Å². The molecule has 1 heterocycles. The number of methoxy groups -OCH3 is 1. The summed E-state index contributed by atoms with van der Waals surface area (Å²) in [5.41, 5.74) is 1.70. The first-order valence-corrected chi connectivity index (χ1v) is 8.07. The van der Waals surface area contributed by atoms with Gasteiger partial charge in [0, 0.05) is 29.5 Å². The number of non-ortho nitro benzene ring substituents is 1. The Morgan fingerprint density at radius 3 is 2.35 bits per heavy atom. The summed E-state index contributed by atoms with van der Waals surface area (Å²) in [7, 11) is 1.26. The lowest BCUT2D eigenvalue weighted by Crippen LogP contribution is -2.36. The molecule has 0 bridgehead atoms. The summed E-state index contributed by atoms with van der Waals surface area (Å²) < 4.78 is 10.0. The van der Waals surface area contributed by atoms with Crippen LogP contribution in [-0.2, 0) is 19.1 Å². The number of benzene rings is 1. The van der Waals surface area contributed by atoms with Crippen LogP contribution >= 0.6 is 0 Å². The summed E-state index contributed by atoms with van der Waals surface area (Å²) in [6.07, 6.45) is 0. The van der Waals surface area contributed by atoms with Crippen molar-refractivity contribution >= 4 is 23.3 Å². The highest BCUT2D eigenvalue weighted by Gasteiger charge is 2.42. The van der Waals surface area contributed by atoms with Gasteiger partial charge in [-0.15, -0.1) is 0 Å². The van der Waals surface area contributed by atoms with Crippen LogP contribution < -0.4 is 0 Å². The number of ether oxygens (including phenoxy) is 2. The van der Waals surface area contributed by atoms with Gasteiger partial charge in [0.05, 0.1) is 24.2 Å². The molecule has 1 aliphatic heterocycles. The lowest BCUT2D eigenvalue weighted by atomic mass is 9.75. The minimum Gasteiger partial charge on any atom is -0.468 e. The largest absolute Gasteiger partial charge is 0.468 e. The molecule has 2 rings (SSSR count). The van der Waals surface area contributed by atoms with Crippen LogP contribution in [0.2, 0.25) is 0 Å². The van der Waals surface area contributed by atoms with Gasteiger partial charge in [-0.1, -0.05) is 12.1 Å². The molecule has 0 N–H and O–H groups in total. The third-order valence-corrected chi connectivity index (χ3v) is 4.24. The van der Waals surface area contributed by atoms with Crippen LogP contribution in [0.4, 0.5) is 5.69 Å². The number of nitrogens with zero attached hydrogens (tertiary/aromatic N) is 2. The Balaban J connectivity index is 2.62. The molecule has 2 unspecified atom stereocenters. The maximum Gasteiger partial charge on any atom is 0.336 e. The Morgan fingerprint density at radius 2 is 1.85 bits per heavy atom. The topological polar surface area (TPSA) is 108 Å². The molecule has 2 atom stereocenters. The van der Waals surface area contributed by atoms with Crippen LogP contribution in [0, 0.1) is 16.0 Å². The maximum absolute atomic E-state index is 12.5. The second-order valence-corrected chi connectivity index (χ2v) is 5.80. The van der Waals surface area contributed by atoms with E-state index in [1.54, 1.807) is 20.8 Å². The van der Waals surface area contributed by atoms with Crippen LogP contribution in [0.25, 0.3) is 0 Å². The molecule has 0 saturated heterocycles. The molecule has 8 heteroatoms. The number of carbonyl (C=O) groups is 2. The van der Waals surface area contributed by atoms with Gasteiger partial charge in [-0.25, -0.2) is 4.79 Å². The van der Waals surface area contributed by atoms with E-state index in [2.05, 4.69) is 4.99 Å². The van der Waals surface area contributed by atoms with E-state index in [4.69, 9.17) is 9.47 Å². The second kappa shape index (κ2) is 7.90. The summed E-state index contributed by atoms with van der Waals surface area (Å²) in [5, 5.41) is 10.9. The van der Waals surface area contributed by atoms with E-state index in [0.717, 1.165) is 0 Å². The minimum atomic E-state index is -0.815. The number of rotatable bonds is 5. The van der Waals surface area contributed by atoms with Gasteiger partial charge in [-0.05, 0) is 26.3 Å². The molecule has 1 aromatic rings. The van der Waals surface area contributed by atoms with Crippen molar-refractivity contribution in [3.05, 3.63) is 51.2 Å². The number of allylic oxidation sites excluding steroid dienone is 1. The molecule has 1 aliphatic rings. The normalized spacial score (nSPS) is 19.6. The number of hydrogen-bond acceptors (Lipinski definition) is 7. The number of aliphatic imine (C=N–C) groups is 1. The van der Waals surface area contributed by atoms with Gasteiger partial charge in [0.15, 0.2) is 0 Å². The first kappa shape index (κ1) is 19.3. The van der Waals surface area contributed by atoms with Gasteiger partial charge in [-0.3, -0.25) is 19.9 Å². The number of esters is 2. The molecule has 0 radical (unpaired) electrons. The Labute approximate surface area is 150 Å². The van der Waals surface area contributed by atoms with Crippen molar-refractivity contribution in [1.29, 1.82) is 0 Å². The van der Waals surface area contributed by atoms with E-state index in [1.807, 2.05) is 0 Å². The third-order valence-electron chi connectivity index (χ3n) is 4.24. The Morgan fingerprint density at radius 1 is 1.23 bits per heavy atom. The van der Waals surface area contributed by atoms with Crippen LogP contribution in [0.3, 0.4) is 0 Å². The van der Waals surface area contributed by atoms with Crippen molar-refractivity contribution in [2.24, 2.45) is 10.9 Å². The van der Waals surface area contributed by atoms with E-state index in [9.17, 15) is 19.7 Å². The van der Waals surface area contributed by atoms with Crippen LogP contribution in [-0.4, -0.2) is 36.3 Å². The number of carbonyl (C=O) groups excluding carboxylic acids is 2. The van der Waals surface area contributed by atoms with Gasteiger partial charge in [0.25, 0.3) is 5.69 Å². The summed E-state index contributed by atoms with van der Waals surface area (Å²) in [6, 6.07) is 5.74. The highest BCUT2D eigenvalue weighted by atomic mass is 16.6. The number of nitro benzene ring substituents is 1. The SMILES string of the molecule is CCOC(=O)C1=C(C)N=C(C)C(C(=O)OC)C1c1ccc([N+](=O)[O-])cc1. The number of hydrogen-bond donors (Lipinski definition) is 0. The highest BCUT2D eigenvalue weighted by molar-refractivity contribution is 6.06. The average molecular weight is 360 g/mol. The maximum atomic E-state index is 12.5. The zero-order chi connectivity index (χ0) is 19.4. The Hall–Kier alpha value is -3.03. The monoisotopic (exact) mass is 360 g/mol. The summed E-state index contributed by atoms with van der Waals surface area (Å²) in [4.78, 5) is 39.6. The molecule has 138 valence electrons. The van der Waals surface area contributed by atoms with Crippen LogP contribution in [0.5, 0.6) is 0 Å². The van der Waals surface area contributed by atoms with Crippen molar-refractivity contribution in [3.8, 4) is 0 Å². The second-order valence-electron chi connectivity index (χ2n) is 5.80. The Kier molecular flexibility index (Phi) is 5.86. The predicted octanol–water partition coefficient (Wildman–Crippen LogP) is 2.78. The molecule has 0 amide bonds. The first-order chi connectivity index (χ1) is 12.3. The summed E-state index contributed by atoms with van der Waals surface area (Å²) >= 11 is 0. The van der Waals surface area contributed by atoms with Gasteiger partial charge in [-0.2, -0.15) is 0 Å². The van der Waals surface area contributed by atoms with E-state index >= 15 is 0 Å². The molecular formula is C18H20N2O6. The molecule has 0 fully saturated rings. The average Bonchev–Trinajstić information content (AvgIpc) is 2.60. The summed E-state index contributed by atoms with van der Waals surface area (Å²) in [6.45, 7) is 5.21.